The van der Waals surface area contributed by atoms with Gasteiger partial charge in [-0.1, -0.05) is 12.1 Å². The maximum absolute atomic E-state index is 12.6. The Kier molecular flexibility index (Phi) is 4.93. The molecule has 0 atom stereocenters. The van der Waals surface area contributed by atoms with Crippen molar-refractivity contribution in [1.29, 1.82) is 0 Å². The Balaban J connectivity index is 2.21. The van der Waals surface area contributed by atoms with Gasteiger partial charge in [-0.25, -0.2) is 9.18 Å². The van der Waals surface area contributed by atoms with E-state index in [4.69, 9.17) is 5.73 Å². The standard InChI is InChI=1S/C11H13FN2O3/c12-9-3-1-8(2-4-9)5-6-14-11(16)17-7-10(13)15/h1-4H,5-7H2,(H2,13,15)(H,14,16). The van der Waals surface area contributed by atoms with E-state index in [1.165, 1.54) is 12.1 Å². The van der Waals surface area contributed by atoms with Crippen molar-refractivity contribution in [2.24, 2.45) is 5.73 Å². The number of halogens is 1. The van der Waals surface area contributed by atoms with Crippen LogP contribution in [-0.4, -0.2) is 25.2 Å². The van der Waals surface area contributed by atoms with Crippen molar-refractivity contribution in [3.63, 3.8) is 0 Å². The molecule has 1 aromatic carbocycles. The van der Waals surface area contributed by atoms with Gasteiger partial charge in [0, 0.05) is 6.54 Å². The topological polar surface area (TPSA) is 81.4 Å². The van der Waals surface area contributed by atoms with Gasteiger partial charge in [-0.05, 0) is 24.1 Å². The third-order valence-electron chi connectivity index (χ3n) is 1.94. The van der Waals surface area contributed by atoms with E-state index in [1.807, 2.05) is 0 Å². The average Bonchev–Trinajstić information content (AvgIpc) is 2.29. The van der Waals surface area contributed by atoms with Crippen molar-refractivity contribution in [3.05, 3.63) is 35.6 Å². The second-order valence-electron chi connectivity index (χ2n) is 3.35. The number of ether oxygens (including phenoxy) is 1. The molecule has 1 aromatic rings. The zero-order chi connectivity index (χ0) is 12.7. The quantitative estimate of drug-likeness (QED) is 0.789. The number of benzene rings is 1. The van der Waals surface area contributed by atoms with Crippen molar-refractivity contribution in [2.75, 3.05) is 13.2 Å². The summed E-state index contributed by atoms with van der Waals surface area (Å²) < 4.78 is 17.1. The van der Waals surface area contributed by atoms with Gasteiger partial charge in [0.1, 0.15) is 5.82 Å². The molecule has 3 N–H and O–H groups in total. The molecule has 0 aliphatic carbocycles. The summed E-state index contributed by atoms with van der Waals surface area (Å²) in [6.07, 6.45) is -0.155. The normalized spacial score (nSPS) is 9.71. The van der Waals surface area contributed by atoms with Crippen LogP contribution in [0.4, 0.5) is 9.18 Å². The molecule has 1 rings (SSSR count). The fraction of sp³-hybridized carbons (Fsp3) is 0.273. The van der Waals surface area contributed by atoms with E-state index in [9.17, 15) is 14.0 Å². The predicted octanol–water partition coefficient (Wildman–Crippen LogP) is 0.580. The molecule has 0 fully saturated rings. The first-order valence-corrected chi connectivity index (χ1v) is 5.01. The van der Waals surface area contributed by atoms with Gasteiger partial charge in [-0.2, -0.15) is 0 Å². The van der Waals surface area contributed by atoms with Crippen molar-refractivity contribution >= 4 is 12.0 Å². The van der Waals surface area contributed by atoms with Crippen LogP contribution in [0.15, 0.2) is 24.3 Å². The lowest BCUT2D eigenvalue weighted by Gasteiger charge is -2.05. The van der Waals surface area contributed by atoms with Crippen molar-refractivity contribution in [1.82, 2.24) is 5.32 Å². The first-order chi connectivity index (χ1) is 8.08. The monoisotopic (exact) mass is 240 g/mol. The van der Waals surface area contributed by atoms with Gasteiger partial charge < -0.3 is 15.8 Å². The largest absolute Gasteiger partial charge is 0.439 e. The zero-order valence-electron chi connectivity index (χ0n) is 9.11. The van der Waals surface area contributed by atoms with E-state index in [0.29, 0.717) is 13.0 Å². The van der Waals surface area contributed by atoms with Crippen LogP contribution in [0.3, 0.4) is 0 Å². The number of carbonyl (C=O) groups is 2. The molecule has 0 unspecified atom stereocenters. The number of rotatable bonds is 5. The molecule has 0 aliphatic heterocycles. The summed E-state index contributed by atoms with van der Waals surface area (Å²) in [6.45, 7) is -0.106. The van der Waals surface area contributed by atoms with Gasteiger partial charge in [0.25, 0.3) is 5.91 Å². The highest BCUT2D eigenvalue weighted by molar-refractivity contribution is 5.78. The molecule has 0 spiro atoms. The van der Waals surface area contributed by atoms with Crippen LogP contribution in [0.1, 0.15) is 5.56 Å². The lowest BCUT2D eigenvalue weighted by Crippen LogP contribution is -2.30. The molecular weight excluding hydrogens is 227 g/mol. The van der Waals surface area contributed by atoms with Crippen molar-refractivity contribution < 1.29 is 18.7 Å². The summed E-state index contributed by atoms with van der Waals surface area (Å²) in [5.74, 6) is -1.01. The first kappa shape index (κ1) is 13.0. The second kappa shape index (κ2) is 6.47. The molecule has 0 aromatic heterocycles. The van der Waals surface area contributed by atoms with E-state index >= 15 is 0 Å². The average molecular weight is 240 g/mol. The van der Waals surface area contributed by atoms with Gasteiger partial charge in [-0.3, -0.25) is 4.79 Å². The fourth-order valence-corrected chi connectivity index (χ4v) is 1.15. The zero-order valence-corrected chi connectivity index (χ0v) is 9.11. The highest BCUT2D eigenvalue weighted by atomic mass is 19.1. The minimum absolute atomic E-state index is 0.303. The molecule has 17 heavy (non-hydrogen) atoms. The van der Waals surface area contributed by atoms with E-state index in [0.717, 1.165) is 5.56 Å². The van der Waals surface area contributed by atoms with Gasteiger partial charge in [0.15, 0.2) is 6.61 Å². The lowest BCUT2D eigenvalue weighted by molar-refractivity contribution is -0.120. The molecule has 0 radical (unpaired) electrons. The number of alkyl carbamates (subject to hydrolysis) is 1. The molecule has 0 heterocycles. The van der Waals surface area contributed by atoms with Crippen LogP contribution < -0.4 is 11.1 Å². The third kappa shape index (κ3) is 5.50. The smallest absolute Gasteiger partial charge is 0.407 e. The van der Waals surface area contributed by atoms with E-state index < -0.39 is 18.6 Å². The molecule has 0 aliphatic rings. The van der Waals surface area contributed by atoms with E-state index in [2.05, 4.69) is 10.1 Å². The summed E-state index contributed by atoms with van der Waals surface area (Å²) in [6, 6.07) is 5.96. The summed E-state index contributed by atoms with van der Waals surface area (Å²) in [5, 5.41) is 2.44. The Morgan fingerprint density at radius 1 is 1.29 bits per heavy atom. The van der Waals surface area contributed by atoms with Crippen LogP contribution in [0.5, 0.6) is 0 Å². The maximum atomic E-state index is 12.6. The molecule has 0 saturated carbocycles. The second-order valence-corrected chi connectivity index (χ2v) is 3.35. The van der Waals surface area contributed by atoms with Crippen LogP contribution in [0.25, 0.3) is 0 Å². The number of amides is 2. The third-order valence-corrected chi connectivity index (χ3v) is 1.94. The van der Waals surface area contributed by atoms with Crippen LogP contribution in [-0.2, 0) is 16.0 Å². The van der Waals surface area contributed by atoms with E-state index in [-0.39, 0.29) is 5.82 Å². The van der Waals surface area contributed by atoms with Gasteiger partial charge in [0.05, 0.1) is 0 Å². The van der Waals surface area contributed by atoms with Gasteiger partial charge in [-0.15, -0.1) is 0 Å². The molecule has 92 valence electrons. The molecule has 6 heteroatoms. The number of carbonyl (C=O) groups excluding carboxylic acids is 2. The summed E-state index contributed by atoms with van der Waals surface area (Å²) in [5.41, 5.74) is 5.69. The Morgan fingerprint density at radius 3 is 2.53 bits per heavy atom. The lowest BCUT2D eigenvalue weighted by atomic mass is 10.1. The maximum Gasteiger partial charge on any atom is 0.407 e. The van der Waals surface area contributed by atoms with Crippen LogP contribution in [0.2, 0.25) is 0 Å². The molecule has 5 nitrogen and oxygen atoms in total. The fourth-order valence-electron chi connectivity index (χ4n) is 1.15. The Morgan fingerprint density at radius 2 is 1.94 bits per heavy atom. The first-order valence-electron chi connectivity index (χ1n) is 5.01. The Hall–Kier alpha value is -2.11. The molecule has 2 amide bonds. The highest BCUT2D eigenvalue weighted by Gasteiger charge is 2.03. The molecule has 0 saturated heterocycles. The molecular formula is C11H13FN2O3. The Labute approximate surface area is 97.7 Å². The van der Waals surface area contributed by atoms with Gasteiger partial charge >= 0.3 is 6.09 Å². The summed E-state index contributed by atoms with van der Waals surface area (Å²) in [4.78, 5) is 21.3. The number of nitrogens with two attached hydrogens (primary N) is 1. The summed E-state index contributed by atoms with van der Waals surface area (Å²) in [7, 11) is 0. The molecule has 0 bridgehead atoms. The highest BCUT2D eigenvalue weighted by Crippen LogP contribution is 2.02. The number of hydrogen-bond donors (Lipinski definition) is 2. The van der Waals surface area contributed by atoms with Crippen molar-refractivity contribution in [3.8, 4) is 0 Å². The summed E-state index contributed by atoms with van der Waals surface area (Å²) >= 11 is 0. The van der Waals surface area contributed by atoms with Crippen LogP contribution >= 0.6 is 0 Å². The Bertz CT molecular complexity index is 392. The minimum Gasteiger partial charge on any atom is -0.439 e. The number of nitrogens with one attached hydrogen (secondary N) is 1. The SMILES string of the molecule is NC(=O)COC(=O)NCCc1ccc(F)cc1. The minimum atomic E-state index is -0.710. The van der Waals surface area contributed by atoms with E-state index in [1.54, 1.807) is 12.1 Å². The number of primary amides is 1. The van der Waals surface area contributed by atoms with Crippen molar-refractivity contribution in [2.45, 2.75) is 6.42 Å². The number of hydrogen-bond acceptors (Lipinski definition) is 3. The predicted molar refractivity (Wildman–Crippen MR) is 58.6 cm³/mol. The van der Waals surface area contributed by atoms with Gasteiger partial charge in [0.2, 0.25) is 0 Å². The van der Waals surface area contributed by atoms with Crippen LogP contribution in [0, 0.1) is 5.82 Å².